The molecule has 1 aliphatic rings. The third-order valence-electron chi connectivity index (χ3n) is 3.49. The molecule has 1 aromatic rings. The van der Waals surface area contributed by atoms with Crippen molar-refractivity contribution in [3.63, 3.8) is 0 Å². The van der Waals surface area contributed by atoms with E-state index in [1.165, 1.54) is 7.11 Å². The van der Waals surface area contributed by atoms with Gasteiger partial charge in [0.2, 0.25) is 0 Å². The molecular formula is C14H15ClN2O2. The topological polar surface area (TPSA) is 62.1 Å². The van der Waals surface area contributed by atoms with Crippen LogP contribution in [0.3, 0.4) is 0 Å². The van der Waals surface area contributed by atoms with Gasteiger partial charge in [-0.25, -0.2) is 0 Å². The number of esters is 1. The van der Waals surface area contributed by atoms with Gasteiger partial charge in [-0.1, -0.05) is 30.3 Å². The Balaban J connectivity index is 2.40. The van der Waals surface area contributed by atoms with Crippen molar-refractivity contribution in [2.75, 3.05) is 7.11 Å². The molecule has 1 fully saturated rings. The second-order valence-electron chi connectivity index (χ2n) is 4.96. The summed E-state index contributed by atoms with van der Waals surface area (Å²) in [5.41, 5.74) is -0.0705. The highest BCUT2D eigenvalue weighted by atomic mass is 35.5. The Labute approximate surface area is 117 Å². The molecule has 0 aromatic heterocycles. The zero-order chi connectivity index (χ0) is 14.1. The summed E-state index contributed by atoms with van der Waals surface area (Å²) >= 11 is 6.41. The van der Waals surface area contributed by atoms with Crippen molar-refractivity contribution in [1.29, 1.82) is 5.26 Å². The molecule has 1 aromatic carbocycles. The van der Waals surface area contributed by atoms with Gasteiger partial charge in [-0.3, -0.25) is 10.1 Å². The van der Waals surface area contributed by atoms with Gasteiger partial charge in [0.1, 0.15) is 5.54 Å². The zero-order valence-corrected chi connectivity index (χ0v) is 11.6. The Hall–Kier alpha value is -1.57. The van der Waals surface area contributed by atoms with Gasteiger partial charge in [-0.2, -0.15) is 5.26 Å². The predicted molar refractivity (Wildman–Crippen MR) is 71.6 cm³/mol. The number of alkyl halides is 1. The molecule has 3 unspecified atom stereocenters. The van der Waals surface area contributed by atoms with Gasteiger partial charge in [-0.15, -0.1) is 11.6 Å². The van der Waals surface area contributed by atoms with Crippen LogP contribution in [-0.4, -0.2) is 23.5 Å². The van der Waals surface area contributed by atoms with Gasteiger partial charge in [0.15, 0.2) is 4.87 Å². The normalized spacial score (nSPS) is 33.7. The molecule has 1 saturated heterocycles. The van der Waals surface area contributed by atoms with E-state index in [1.807, 2.05) is 30.3 Å². The third kappa shape index (κ3) is 2.32. The Kier molecular flexibility index (Phi) is 3.53. The summed E-state index contributed by atoms with van der Waals surface area (Å²) in [6.07, 6.45) is 0.199. The number of benzene rings is 1. The second-order valence-corrected chi connectivity index (χ2v) is 5.64. The lowest BCUT2D eigenvalue weighted by atomic mass is 9.90. The van der Waals surface area contributed by atoms with Gasteiger partial charge in [0.25, 0.3) is 0 Å². The minimum atomic E-state index is -1.16. The number of ether oxygens (including phenoxy) is 1. The van der Waals surface area contributed by atoms with Crippen LogP contribution in [0.5, 0.6) is 0 Å². The summed E-state index contributed by atoms with van der Waals surface area (Å²) in [5, 5.41) is 12.5. The second kappa shape index (κ2) is 4.84. The lowest BCUT2D eigenvalue weighted by molar-refractivity contribution is -0.147. The van der Waals surface area contributed by atoms with E-state index in [2.05, 4.69) is 11.4 Å². The number of nitrogens with zero attached hydrogens (tertiary/aromatic N) is 1. The Morgan fingerprint density at radius 2 is 2.16 bits per heavy atom. The molecule has 0 aliphatic carbocycles. The van der Waals surface area contributed by atoms with Crippen LogP contribution in [0.15, 0.2) is 30.3 Å². The first-order valence-electron chi connectivity index (χ1n) is 5.96. The highest BCUT2D eigenvalue weighted by molar-refractivity contribution is 6.27. The summed E-state index contributed by atoms with van der Waals surface area (Å²) in [7, 11) is 1.33. The quantitative estimate of drug-likeness (QED) is 0.665. The average Bonchev–Trinajstić information content (AvgIpc) is 2.72. The van der Waals surface area contributed by atoms with Gasteiger partial charge >= 0.3 is 5.97 Å². The Bertz CT molecular complexity index is 528. The minimum Gasteiger partial charge on any atom is -0.468 e. The number of hydrogen-bond acceptors (Lipinski definition) is 4. The molecular weight excluding hydrogens is 264 g/mol. The van der Waals surface area contributed by atoms with Crippen LogP contribution in [0.25, 0.3) is 0 Å². The van der Waals surface area contributed by atoms with E-state index < -0.39 is 22.4 Å². The molecule has 1 heterocycles. The van der Waals surface area contributed by atoms with Gasteiger partial charge in [0.05, 0.1) is 19.2 Å². The van der Waals surface area contributed by atoms with Crippen molar-refractivity contribution in [1.82, 2.24) is 5.32 Å². The molecule has 3 atom stereocenters. The van der Waals surface area contributed by atoms with Crippen molar-refractivity contribution in [3.8, 4) is 6.07 Å². The summed E-state index contributed by atoms with van der Waals surface area (Å²) in [5.74, 6) is -0.411. The molecule has 2 rings (SSSR count). The van der Waals surface area contributed by atoms with E-state index in [9.17, 15) is 10.1 Å². The number of halogens is 1. The fourth-order valence-electron chi connectivity index (χ4n) is 2.55. The molecule has 100 valence electrons. The number of nitrogens with one attached hydrogen (secondary N) is 1. The van der Waals surface area contributed by atoms with E-state index in [4.69, 9.17) is 16.3 Å². The minimum absolute atomic E-state index is 0.199. The summed E-state index contributed by atoms with van der Waals surface area (Å²) in [4.78, 5) is 10.7. The highest BCUT2D eigenvalue weighted by Gasteiger charge is 2.56. The van der Waals surface area contributed by atoms with Crippen LogP contribution < -0.4 is 5.32 Å². The van der Waals surface area contributed by atoms with Gasteiger partial charge < -0.3 is 4.74 Å². The van der Waals surface area contributed by atoms with Gasteiger partial charge in [-0.05, 0) is 12.5 Å². The van der Waals surface area contributed by atoms with E-state index in [-0.39, 0.29) is 6.42 Å². The number of hydrogen-bond donors (Lipinski definition) is 1. The van der Waals surface area contributed by atoms with Crippen LogP contribution in [0, 0.1) is 11.3 Å². The molecule has 0 saturated carbocycles. The third-order valence-corrected chi connectivity index (χ3v) is 3.92. The zero-order valence-electron chi connectivity index (χ0n) is 10.8. The maximum atomic E-state index is 11.9. The van der Waals surface area contributed by atoms with Crippen molar-refractivity contribution < 1.29 is 9.53 Å². The number of carbonyl (C=O) groups excluding carboxylic acids is 1. The number of rotatable bonds is 2. The molecule has 5 heteroatoms. The first kappa shape index (κ1) is 13.9. The molecule has 1 aliphatic heterocycles. The van der Waals surface area contributed by atoms with Crippen LogP contribution in [0.1, 0.15) is 24.9 Å². The lowest BCUT2D eigenvalue weighted by Crippen LogP contribution is -2.45. The van der Waals surface area contributed by atoms with Crippen molar-refractivity contribution in [3.05, 3.63) is 35.9 Å². The molecule has 0 spiro atoms. The van der Waals surface area contributed by atoms with E-state index in [0.29, 0.717) is 0 Å². The first-order valence-corrected chi connectivity index (χ1v) is 6.34. The highest BCUT2D eigenvalue weighted by Crippen LogP contribution is 2.45. The van der Waals surface area contributed by atoms with Crippen LogP contribution in [0.2, 0.25) is 0 Å². The van der Waals surface area contributed by atoms with Crippen LogP contribution >= 0.6 is 11.6 Å². The largest absolute Gasteiger partial charge is 0.468 e. The van der Waals surface area contributed by atoms with Crippen LogP contribution in [-0.2, 0) is 9.53 Å². The Morgan fingerprint density at radius 1 is 1.53 bits per heavy atom. The summed E-state index contributed by atoms with van der Waals surface area (Å²) in [6, 6.07) is 11.1. The average molecular weight is 279 g/mol. The SMILES string of the molecule is COC(=O)C1(C)CC(Cl)(C#N)C(c2ccccc2)N1. The number of carbonyl (C=O) groups is 1. The standard InChI is InChI=1S/C14H15ClN2O2/c1-13(12(18)19-2)8-14(15,9-16)11(17-13)10-6-4-3-5-7-10/h3-7,11,17H,8H2,1-2H3. The van der Waals surface area contributed by atoms with Crippen molar-refractivity contribution >= 4 is 17.6 Å². The van der Waals surface area contributed by atoms with E-state index >= 15 is 0 Å². The Morgan fingerprint density at radius 3 is 2.68 bits per heavy atom. The molecule has 0 bridgehead atoms. The summed E-state index contributed by atoms with van der Waals surface area (Å²) < 4.78 is 4.79. The molecule has 1 N–H and O–H groups in total. The van der Waals surface area contributed by atoms with Crippen molar-refractivity contribution in [2.24, 2.45) is 0 Å². The van der Waals surface area contributed by atoms with E-state index in [0.717, 1.165) is 5.56 Å². The maximum absolute atomic E-state index is 11.9. The smallest absolute Gasteiger partial charge is 0.325 e. The molecule has 4 nitrogen and oxygen atoms in total. The fraction of sp³-hybridized carbons (Fsp3) is 0.429. The predicted octanol–water partition coefficient (Wildman–Crippen LogP) is 2.15. The molecule has 0 radical (unpaired) electrons. The molecule has 0 amide bonds. The molecule has 19 heavy (non-hydrogen) atoms. The fourth-order valence-corrected chi connectivity index (χ4v) is 3.00. The van der Waals surface area contributed by atoms with Gasteiger partial charge in [0, 0.05) is 6.42 Å². The monoisotopic (exact) mass is 278 g/mol. The first-order chi connectivity index (χ1) is 8.95. The van der Waals surface area contributed by atoms with E-state index in [1.54, 1.807) is 6.92 Å². The maximum Gasteiger partial charge on any atom is 0.325 e. The van der Waals surface area contributed by atoms with Crippen LogP contribution in [0.4, 0.5) is 0 Å². The van der Waals surface area contributed by atoms with Crippen molar-refractivity contribution in [2.45, 2.75) is 29.8 Å². The summed E-state index contributed by atoms with van der Waals surface area (Å²) in [6.45, 7) is 1.70. The number of methoxy groups -OCH3 is 1. The number of nitriles is 1. The lowest BCUT2D eigenvalue weighted by Gasteiger charge is -2.22.